The van der Waals surface area contributed by atoms with Crippen molar-refractivity contribution in [3.8, 4) is 11.3 Å². The molecule has 0 saturated carbocycles. The lowest BCUT2D eigenvalue weighted by molar-refractivity contribution is -0.122. The summed E-state index contributed by atoms with van der Waals surface area (Å²) in [7, 11) is 0. The highest BCUT2D eigenvalue weighted by Crippen LogP contribution is 2.23. The minimum Gasteiger partial charge on any atom is -0.441 e. The van der Waals surface area contributed by atoms with E-state index >= 15 is 0 Å². The van der Waals surface area contributed by atoms with Crippen molar-refractivity contribution in [2.45, 2.75) is 19.8 Å². The second kappa shape index (κ2) is 8.07. The van der Waals surface area contributed by atoms with Crippen LogP contribution in [0.2, 0.25) is 0 Å². The fourth-order valence-corrected chi connectivity index (χ4v) is 1.96. The molecule has 0 atom stereocenters. The Morgan fingerprint density at radius 3 is 2.70 bits per heavy atom. The number of halogens is 1. The van der Waals surface area contributed by atoms with Gasteiger partial charge in [0.15, 0.2) is 11.7 Å². The zero-order valence-corrected chi connectivity index (χ0v) is 12.8. The lowest BCUT2D eigenvalue weighted by atomic mass is 10.2. The molecule has 0 aliphatic heterocycles. The van der Waals surface area contributed by atoms with Crippen molar-refractivity contribution >= 4 is 11.8 Å². The van der Waals surface area contributed by atoms with Gasteiger partial charge in [-0.25, -0.2) is 9.37 Å². The molecule has 0 unspecified atom stereocenters. The molecule has 2 aromatic rings. The van der Waals surface area contributed by atoms with Gasteiger partial charge in [0.05, 0.1) is 11.8 Å². The minimum absolute atomic E-state index is 0.139. The number of amides is 2. The van der Waals surface area contributed by atoms with Crippen molar-refractivity contribution in [2.75, 3.05) is 13.1 Å². The maximum absolute atomic E-state index is 13.6. The normalized spacial score (nSPS) is 10.3. The highest BCUT2D eigenvalue weighted by molar-refractivity contribution is 5.76. The molecule has 2 rings (SSSR count). The molecule has 0 fully saturated rings. The topological polar surface area (TPSA) is 84.2 Å². The number of oxazole rings is 1. The summed E-state index contributed by atoms with van der Waals surface area (Å²) in [6.07, 6.45) is 1.97. The van der Waals surface area contributed by atoms with Gasteiger partial charge in [-0.3, -0.25) is 9.59 Å². The van der Waals surface area contributed by atoms with E-state index in [-0.39, 0.29) is 24.1 Å². The Balaban J connectivity index is 1.80. The maximum atomic E-state index is 13.6. The highest BCUT2D eigenvalue weighted by atomic mass is 19.1. The number of carbonyl (C=O) groups excluding carboxylic acids is 2. The number of hydrogen-bond donors (Lipinski definition) is 2. The van der Waals surface area contributed by atoms with Gasteiger partial charge in [-0.15, -0.1) is 0 Å². The summed E-state index contributed by atoms with van der Waals surface area (Å²) in [6, 6.07) is 6.26. The molecule has 0 spiro atoms. The molecule has 6 nitrogen and oxygen atoms in total. The largest absolute Gasteiger partial charge is 0.441 e. The third kappa shape index (κ3) is 5.21. The van der Waals surface area contributed by atoms with Gasteiger partial charge in [0.2, 0.25) is 11.8 Å². The summed E-state index contributed by atoms with van der Waals surface area (Å²) < 4.78 is 19.1. The Bertz CT molecular complexity index is 685. The van der Waals surface area contributed by atoms with Crippen LogP contribution in [-0.2, 0) is 16.0 Å². The maximum Gasteiger partial charge on any atom is 0.220 e. The molecule has 2 amide bonds. The third-order valence-electron chi connectivity index (χ3n) is 3.08. The molecule has 7 heteroatoms. The molecule has 23 heavy (non-hydrogen) atoms. The summed E-state index contributed by atoms with van der Waals surface area (Å²) >= 11 is 0. The average Bonchev–Trinajstić information content (AvgIpc) is 2.98. The van der Waals surface area contributed by atoms with Gasteiger partial charge >= 0.3 is 0 Å². The third-order valence-corrected chi connectivity index (χ3v) is 3.08. The SMILES string of the molecule is CC(=O)NCCNC(=O)CCc1ncc(-c2ccccc2F)o1. The monoisotopic (exact) mass is 319 g/mol. The fraction of sp³-hybridized carbons (Fsp3) is 0.312. The molecule has 1 aromatic heterocycles. The molecular formula is C16H18FN3O3. The number of aromatic nitrogens is 1. The van der Waals surface area contributed by atoms with Gasteiger partial charge < -0.3 is 15.1 Å². The smallest absolute Gasteiger partial charge is 0.220 e. The van der Waals surface area contributed by atoms with Crippen molar-refractivity contribution in [1.82, 2.24) is 15.6 Å². The van der Waals surface area contributed by atoms with E-state index < -0.39 is 0 Å². The number of nitrogens with one attached hydrogen (secondary N) is 2. The Hall–Kier alpha value is -2.70. The van der Waals surface area contributed by atoms with Crippen molar-refractivity contribution < 1.29 is 18.4 Å². The number of nitrogens with zero attached hydrogens (tertiary/aromatic N) is 1. The first-order valence-electron chi connectivity index (χ1n) is 7.27. The zero-order chi connectivity index (χ0) is 16.7. The van der Waals surface area contributed by atoms with Gasteiger partial charge in [0.25, 0.3) is 0 Å². The lowest BCUT2D eigenvalue weighted by Gasteiger charge is -2.04. The average molecular weight is 319 g/mol. The second-order valence-electron chi connectivity index (χ2n) is 4.93. The van der Waals surface area contributed by atoms with Crippen LogP contribution < -0.4 is 10.6 Å². The van der Waals surface area contributed by atoms with Crippen LogP contribution >= 0.6 is 0 Å². The lowest BCUT2D eigenvalue weighted by Crippen LogP contribution is -2.33. The quantitative estimate of drug-likeness (QED) is 0.760. The standard InChI is InChI=1S/C16H18FN3O3/c1-11(21)18-8-9-19-15(22)6-7-16-20-10-14(23-16)12-4-2-3-5-13(12)17/h2-5,10H,6-9H2,1H3,(H,18,21)(H,19,22). The van der Waals surface area contributed by atoms with Crippen molar-refractivity contribution in [1.29, 1.82) is 0 Å². The summed E-state index contributed by atoms with van der Waals surface area (Å²) in [6.45, 7) is 2.17. The molecule has 122 valence electrons. The van der Waals surface area contributed by atoms with Crippen LogP contribution in [0.3, 0.4) is 0 Å². The number of benzene rings is 1. The molecule has 0 radical (unpaired) electrons. The fourth-order valence-electron chi connectivity index (χ4n) is 1.96. The second-order valence-corrected chi connectivity index (χ2v) is 4.93. The molecule has 0 saturated heterocycles. The van der Waals surface area contributed by atoms with E-state index in [1.54, 1.807) is 18.2 Å². The predicted molar refractivity (Wildman–Crippen MR) is 81.9 cm³/mol. The molecule has 0 aliphatic rings. The molecule has 1 aromatic carbocycles. The van der Waals surface area contributed by atoms with Crippen molar-refractivity contribution in [2.24, 2.45) is 0 Å². The summed E-state index contributed by atoms with van der Waals surface area (Å²) in [4.78, 5) is 26.4. The van der Waals surface area contributed by atoms with Crippen LogP contribution in [0, 0.1) is 5.82 Å². The van der Waals surface area contributed by atoms with E-state index in [0.717, 1.165) is 0 Å². The van der Waals surface area contributed by atoms with E-state index in [4.69, 9.17) is 4.42 Å². The van der Waals surface area contributed by atoms with Crippen LogP contribution in [-0.4, -0.2) is 29.9 Å². The van der Waals surface area contributed by atoms with Crippen LogP contribution in [0.5, 0.6) is 0 Å². The van der Waals surface area contributed by atoms with Crippen LogP contribution in [0.25, 0.3) is 11.3 Å². The van der Waals surface area contributed by atoms with Gasteiger partial charge in [-0.2, -0.15) is 0 Å². The number of hydrogen-bond acceptors (Lipinski definition) is 4. The van der Waals surface area contributed by atoms with Crippen LogP contribution in [0.4, 0.5) is 4.39 Å². The summed E-state index contributed by atoms with van der Waals surface area (Å²) in [5.41, 5.74) is 0.339. The Morgan fingerprint density at radius 2 is 1.96 bits per heavy atom. The Morgan fingerprint density at radius 1 is 1.22 bits per heavy atom. The van der Waals surface area contributed by atoms with Gasteiger partial charge in [0.1, 0.15) is 5.82 Å². The summed E-state index contributed by atoms with van der Waals surface area (Å²) in [5.74, 6) is 0.0241. The minimum atomic E-state index is -0.383. The molecule has 0 aliphatic carbocycles. The van der Waals surface area contributed by atoms with Crippen LogP contribution in [0.1, 0.15) is 19.2 Å². The number of rotatable bonds is 7. The highest BCUT2D eigenvalue weighted by Gasteiger charge is 2.11. The summed E-state index contributed by atoms with van der Waals surface area (Å²) in [5, 5.41) is 5.25. The van der Waals surface area contributed by atoms with Gasteiger partial charge in [-0.05, 0) is 12.1 Å². The van der Waals surface area contributed by atoms with Gasteiger partial charge in [0, 0.05) is 32.9 Å². The van der Waals surface area contributed by atoms with E-state index in [0.29, 0.717) is 36.7 Å². The Kier molecular flexibility index (Phi) is 5.85. The predicted octanol–water partition coefficient (Wildman–Crippen LogP) is 1.67. The first-order chi connectivity index (χ1) is 11.1. The number of carbonyl (C=O) groups is 2. The van der Waals surface area contributed by atoms with Gasteiger partial charge in [-0.1, -0.05) is 12.1 Å². The molecule has 0 bridgehead atoms. The van der Waals surface area contributed by atoms with E-state index in [1.807, 2.05) is 0 Å². The Labute approximate surface area is 133 Å². The first-order valence-corrected chi connectivity index (χ1v) is 7.27. The number of aryl methyl sites for hydroxylation is 1. The van der Waals surface area contributed by atoms with Crippen molar-refractivity contribution in [3.63, 3.8) is 0 Å². The van der Waals surface area contributed by atoms with E-state index in [2.05, 4.69) is 15.6 Å². The van der Waals surface area contributed by atoms with E-state index in [1.165, 1.54) is 19.2 Å². The molecule has 2 N–H and O–H groups in total. The molecule has 1 heterocycles. The first kappa shape index (κ1) is 16.7. The molecular weight excluding hydrogens is 301 g/mol. The van der Waals surface area contributed by atoms with Crippen molar-refractivity contribution in [3.05, 3.63) is 42.2 Å². The van der Waals surface area contributed by atoms with Crippen LogP contribution in [0.15, 0.2) is 34.9 Å². The van der Waals surface area contributed by atoms with E-state index in [9.17, 15) is 14.0 Å². The zero-order valence-electron chi connectivity index (χ0n) is 12.8.